The molecule has 0 amide bonds. The van der Waals surface area contributed by atoms with E-state index in [9.17, 15) is 0 Å². The third-order valence-electron chi connectivity index (χ3n) is 6.03. The van der Waals surface area contributed by atoms with Crippen LogP contribution in [-0.4, -0.2) is 75.3 Å². The minimum atomic E-state index is 0.620. The molecule has 0 aromatic carbocycles. The average molecular weight is 339 g/mol. The second-order valence-electron chi connectivity index (χ2n) is 7.32. The van der Waals surface area contributed by atoms with E-state index in [2.05, 4.69) is 34.0 Å². The second-order valence-corrected chi connectivity index (χ2v) is 7.32. The van der Waals surface area contributed by atoms with Crippen LogP contribution in [0.2, 0.25) is 0 Å². The van der Waals surface area contributed by atoms with Crippen LogP contribution in [0.4, 0.5) is 0 Å². The SMILES string of the molecule is CCC(CC)C1CCN(C(=NC)NCC2CCCN2CCOC)C1. The first-order valence-corrected chi connectivity index (χ1v) is 9.92. The normalized spacial score (nSPS) is 25.9. The Hall–Kier alpha value is -0.810. The fraction of sp³-hybridized carbons (Fsp3) is 0.947. The molecule has 0 bridgehead atoms. The lowest BCUT2D eigenvalue weighted by molar-refractivity contribution is 0.141. The summed E-state index contributed by atoms with van der Waals surface area (Å²) in [6, 6.07) is 0.620. The predicted octanol–water partition coefficient (Wildman–Crippen LogP) is 2.43. The largest absolute Gasteiger partial charge is 0.383 e. The second kappa shape index (κ2) is 10.2. The molecule has 0 aromatic rings. The van der Waals surface area contributed by atoms with Crippen molar-refractivity contribution in [3.05, 3.63) is 0 Å². The summed E-state index contributed by atoms with van der Waals surface area (Å²) >= 11 is 0. The number of methoxy groups -OCH3 is 1. The van der Waals surface area contributed by atoms with E-state index in [0.717, 1.165) is 44.0 Å². The van der Waals surface area contributed by atoms with Gasteiger partial charge in [-0.2, -0.15) is 0 Å². The number of aliphatic imine (C=N–C) groups is 1. The molecule has 0 radical (unpaired) electrons. The van der Waals surface area contributed by atoms with Gasteiger partial charge < -0.3 is 15.0 Å². The van der Waals surface area contributed by atoms with E-state index in [1.165, 1.54) is 45.2 Å². The van der Waals surface area contributed by atoms with Crippen LogP contribution >= 0.6 is 0 Å². The highest BCUT2D eigenvalue weighted by molar-refractivity contribution is 5.80. The molecule has 0 spiro atoms. The van der Waals surface area contributed by atoms with E-state index in [-0.39, 0.29) is 0 Å². The van der Waals surface area contributed by atoms with Gasteiger partial charge in [0.05, 0.1) is 6.61 Å². The summed E-state index contributed by atoms with van der Waals surface area (Å²) in [5.41, 5.74) is 0. The van der Waals surface area contributed by atoms with Gasteiger partial charge in [0.15, 0.2) is 5.96 Å². The van der Waals surface area contributed by atoms with Crippen LogP contribution in [0.5, 0.6) is 0 Å². The number of guanidine groups is 1. The molecule has 2 fully saturated rings. The molecule has 2 aliphatic heterocycles. The van der Waals surface area contributed by atoms with Crippen LogP contribution in [0.3, 0.4) is 0 Å². The predicted molar refractivity (Wildman–Crippen MR) is 102 cm³/mol. The molecule has 2 rings (SSSR count). The van der Waals surface area contributed by atoms with Gasteiger partial charge in [0, 0.05) is 46.4 Å². The molecule has 1 N–H and O–H groups in total. The molecule has 5 heteroatoms. The minimum Gasteiger partial charge on any atom is -0.383 e. The zero-order chi connectivity index (χ0) is 17.4. The Morgan fingerprint density at radius 3 is 2.71 bits per heavy atom. The lowest BCUT2D eigenvalue weighted by Gasteiger charge is -2.28. The molecule has 0 aromatic heterocycles. The van der Waals surface area contributed by atoms with Crippen molar-refractivity contribution >= 4 is 5.96 Å². The van der Waals surface area contributed by atoms with Crippen molar-refractivity contribution < 1.29 is 4.74 Å². The summed E-state index contributed by atoms with van der Waals surface area (Å²) < 4.78 is 5.24. The van der Waals surface area contributed by atoms with E-state index in [4.69, 9.17) is 4.74 Å². The lowest BCUT2D eigenvalue weighted by atomic mass is 9.87. The minimum absolute atomic E-state index is 0.620. The number of nitrogens with one attached hydrogen (secondary N) is 1. The highest BCUT2D eigenvalue weighted by atomic mass is 16.5. The topological polar surface area (TPSA) is 40.1 Å². The standard InChI is InChI=1S/C19H38N4O/c1-5-16(6-2)17-9-11-23(15-17)19(20-3)21-14-18-8-7-10-22(18)12-13-24-4/h16-18H,5-15H2,1-4H3,(H,20,21). The number of rotatable bonds is 8. The van der Waals surface area contributed by atoms with E-state index in [0.29, 0.717) is 6.04 Å². The molecule has 0 aliphatic carbocycles. The zero-order valence-electron chi connectivity index (χ0n) is 16.3. The molecular formula is C19H38N4O. The lowest BCUT2D eigenvalue weighted by Crippen LogP contribution is -2.46. The fourth-order valence-electron chi connectivity index (χ4n) is 4.49. The molecule has 2 aliphatic rings. The van der Waals surface area contributed by atoms with Gasteiger partial charge in [-0.15, -0.1) is 0 Å². The van der Waals surface area contributed by atoms with Crippen LogP contribution in [0.15, 0.2) is 4.99 Å². The Morgan fingerprint density at radius 1 is 1.25 bits per heavy atom. The molecular weight excluding hydrogens is 300 g/mol. The third kappa shape index (κ3) is 5.09. The van der Waals surface area contributed by atoms with Gasteiger partial charge in [0.1, 0.15) is 0 Å². The number of nitrogens with zero attached hydrogens (tertiary/aromatic N) is 3. The van der Waals surface area contributed by atoms with E-state index in [1.807, 2.05) is 7.05 Å². The Bertz CT molecular complexity index is 384. The van der Waals surface area contributed by atoms with Gasteiger partial charge in [0.2, 0.25) is 0 Å². The van der Waals surface area contributed by atoms with Crippen molar-refractivity contribution in [2.75, 3.05) is 53.5 Å². The maximum absolute atomic E-state index is 5.24. The Balaban J connectivity index is 1.80. The van der Waals surface area contributed by atoms with Gasteiger partial charge in [-0.1, -0.05) is 26.7 Å². The van der Waals surface area contributed by atoms with Crippen molar-refractivity contribution in [2.45, 2.75) is 52.0 Å². The van der Waals surface area contributed by atoms with Crippen LogP contribution in [0.25, 0.3) is 0 Å². The summed E-state index contributed by atoms with van der Waals surface area (Å²) in [6.07, 6.45) is 6.50. The molecule has 0 saturated carbocycles. The van der Waals surface area contributed by atoms with Gasteiger partial charge in [-0.25, -0.2) is 0 Å². The number of likely N-dealkylation sites (tertiary alicyclic amines) is 2. The van der Waals surface area contributed by atoms with E-state index >= 15 is 0 Å². The highest BCUT2D eigenvalue weighted by Gasteiger charge is 2.30. The molecule has 2 saturated heterocycles. The maximum Gasteiger partial charge on any atom is 0.193 e. The molecule has 5 nitrogen and oxygen atoms in total. The van der Waals surface area contributed by atoms with Crippen molar-refractivity contribution in [1.82, 2.24) is 15.1 Å². The van der Waals surface area contributed by atoms with Crippen molar-refractivity contribution in [2.24, 2.45) is 16.8 Å². The molecule has 2 atom stereocenters. The van der Waals surface area contributed by atoms with Gasteiger partial charge in [-0.3, -0.25) is 9.89 Å². The molecule has 2 unspecified atom stereocenters. The Labute approximate surface area is 148 Å². The van der Waals surface area contributed by atoms with Crippen LogP contribution < -0.4 is 5.32 Å². The first-order chi connectivity index (χ1) is 11.7. The Kier molecular flexibility index (Phi) is 8.33. The fourth-order valence-corrected chi connectivity index (χ4v) is 4.49. The average Bonchev–Trinajstić information content (AvgIpc) is 3.25. The maximum atomic E-state index is 5.24. The van der Waals surface area contributed by atoms with Crippen LogP contribution in [0.1, 0.15) is 46.0 Å². The quantitative estimate of drug-likeness (QED) is 0.545. The number of hydrogen-bond donors (Lipinski definition) is 1. The zero-order valence-corrected chi connectivity index (χ0v) is 16.3. The third-order valence-corrected chi connectivity index (χ3v) is 6.03. The van der Waals surface area contributed by atoms with Crippen molar-refractivity contribution in [1.29, 1.82) is 0 Å². The van der Waals surface area contributed by atoms with Gasteiger partial charge >= 0.3 is 0 Å². The smallest absolute Gasteiger partial charge is 0.193 e. The first-order valence-electron chi connectivity index (χ1n) is 9.92. The number of ether oxygens (including phenoxy) is 1. The van der Waals surface area contributed by atoms with E-state index < -0.39 is 0 Å². The first kappa shape index (κ1) is 19.5. The summed E-state index contributed by atoms with van der Waals surface area (Å²) in [5.74, 6) is 2.80. The molecule has 140 valence electrons. The summed E-state index contributed by atoms with van der Waals surface area (Å²) in [6.45, 7) is 11.1. The summed E-state index contributed by atoms with van der Waals surface area (Å²) in [4.78, 5) is 9.58. The van der Waals surface area contributed by atoms with Crippen molar-refractivity contribution in [3.63, 3.8) is 0 Å². The van der Waals surface area contributed by atoms with E-state index in [1.54, 1.807) is 7.11 Å². The monoisotopic (exact) mass is 338 g/mol. The summed E-state index contributed by atoms with van der Waals surface area (Å²) in [5, 5.41) is 3.65. The van der Waals surface area contributed by atoms with Crippen LogP contribution in [-0.2, 0) is 4.74 Å². The van der Waals surface area contributed by atoms with Gasteiger partial charge in [-0.05, 0) is 37.6 Å². The summed E-state index contributed by atoms with van der Waals surface area (Å²) in [7, 11) is 3.71. The van der Waals surface area contributed by atoms with Crippen LogP contribution in [0, 0.1) is 11.8 Å². The highest BCUT2D eigenvalue weighted by Crippen LogP contribution is 2.28. The molecule has 24 heavy (non-hydrogen) atoms. The number of hydrogen-bond acceptors (Lipinski definition) is 3. The molecule has 2 heterocycles. The van der Waals surface area contributed by atoms with Crippen molar-refractivity contribution in [3.8, 4) is 0 Å². The Morgan fingerprint density at radius 2 is 2.04 bits per heavy atom. The van der Waals surface area contributed by atoms with Gasteiger partial charge in [0.25, 0.3) is 0 Å².